The van der Waals surface area contributed by atoms with Gasteiger partial charge < -0.3 is 10.5 Å². The fraction of sp³-hybridized carbons (Fsp3) is 0.0625. The Hall–Kier alpha value is -2.95. The molecule has 0 fully saturated rings. The van der Waals surface area contributed by atoms with Gasteiger partial charge in [-0.2, -0.15) is 0 Å². The Labute approximate surface area is 122 Å². The molecule has 21 heavy (non-hydrogen) atoms. The van der Waals surface area contributed by atoms with E-state index in [4.69, 9.17) is 10.5 Å². The van der Waals surface area contributed by atoms with Crippen molar-refractivity contribution in [3.63, 3.8) is 0 Å². The van der Waals surface area contributed by atoms with Gasteiger partial charge in [-0.15, -0.1) is 0 Å². The van der Waals surface area contributed by atoms with Gasteiger partial charge in [0.25, 0.3) is 0 Å². The summed E-state index contributed by atoms with van der Waals surface area (Å²) in [5.41, 5.74) is 9.04. The lowest BCUT2D eigenvalue weighted by atomic mass is 10.1. The molecular formula is C16H14N4O. The Bertz CT molecular complexity index is 756. The molecule has 0 radical (unpaired) electrons. The Morgan fingerprint density at radius 1 is 0.952 bits per heavy atom. The first kappa shape index (κ1) is 13.1. The average molecular weight is 278 g/mol. The third kappa shape index (κ3) is 2.67. The van der Waals surface area contributed by atoms with Crippen molar-refractivity contribution in [1.82, 2.24) is 15.0 Å². The van der Waals surface area contributed by atoms with Gasteiger partial charge in [0.15, 0.2) is 0 Å². The number of anilines is 1. The predicted octanol–water partition coefficient (Wildman–Crippen LogP) is 2.80. The molecule has 0 aliphatic rings. The van der Waals surface area contributed by atoms with Gasteiger partial charge in [-0.05, 0) is 30.3 Å². The molecule has 2 aromatic heterocycles. The minimum atomic E-state index is 0.251. The topological polar surface area (TPSA) is 73.9 Å². The van der Waals surface area contributed by atoms with Crippen molar-refractivity contribution in [2.45, 2.75) is 0 Å². The molecule has 0 aliphatic heterocycles. The molecule has 104 valence electrons. The first-order valence-corrected chi connectivity index (χ1v) is 6.46. The molecule has 5 heteroatoms. The highest BCUT2D eigenvalue weighted by Crippen LogP contribution is 2.29. The van der Waals surface area contributed by atoms with Gasteiger partial charge in [0, 0.05) is 23.5 Å². The molecule has 3 rings (SSSR count). The number of para-hydroxylation sites is 1. The van der Waals surface area contributed by atoms with Crippen LogP contribution in [0.5, 0.6) is 5.75 Å². The number of nitrogen functional groups attached to an aromatic ring is 1. The highest BCUT2D eigenvalue weighted by atomic mass is 16.5. The van der Waals surface area contributed by atoms with Crippen LogP contribution in [-0.2, 0) is 0 Å². The third-order valence-electron chi connectivity index (χ3n) is 3.12. The molecule has 0 saturated heterocycles. The number of aromatic nitrogens is 3. The van der Waals surface area contributed by atoms with Crippen molar-refractivity contribution in [2.75, 3.05) is 12.8 Å². The first-order valence-electron chi connectivity index (χ1n) is 6.46. The van der Waals surface area contributed by atoms with Gasteiger partial charge in [-0.3, -0.25) is 4.98 Å². The fourth-order valence-electron chi connectivity index (χ4n) is 2.10. The van der Waals surface area contributed by atoms with Crippen molar-refractivity contribution in [3.05, 3.63) is 54.9 Å². The summed E-state index contributed by atoms with van der Waals surface area (Å²) < 4.78 is 5.35. The van der Waals surface area contributed by atoms with E-state index in [1.54, 1.807) is 25.6 Å². The van der Waals surface area contributed by atoms with Gasteiger partial charge in [0.1, 0.15) is 5.75 Å². The summed E-state index contributed by atoms with van der Waals surface area (Å²) in [5, 5.41) is 0. The number of ether oxygens (including phenoxy) is 1. The SMILES string of the molecule is COc1ccccc1-c1ccc(-c2ccnc(N)n2)cn1. The van der Waals surface area contributed by atoms with Gasteiger partial charge >= 0.3 is 0 Å². The summed E-state index contributed by atoms with van der Waals surface area (Å²) >= 11 is 0. The van der Waals surface area contributed by atoms with Gasteiger partial charge in [-0.1, -0.05) is 12.1 Å². The van der Waals surface area contributed by atoms with E-state index < -0.39 is 0 Å². The van der Waals surface area contributed by atoms with Crippen LogP contribution in [0.3, 0.4) is 0 Å². The lowest BCUT2D eigenvalue weighted by Crippen LogP contribution is -1.95. The molecule has 0 aliphatic carbocycles. The first-order chi connectivity index (χ1) is 10.3. The maximum atomic E-state index is 5.60. The van der Waals surface area contributed by atoms with Crippen molar-refractivity contribution >= 4 is 5.95 Å². The highest BCUT2D eigenvalue weighted by Gasteiger charge is 2.07. The van der Waals surface area contributed by atoms with Crippen LogP contribution in [0, 0.1) is 0 Å². The molecule has 0 atom stereocenters. The number of rotatable bonds is 3. The van der Waals surface area contributed by atoms with E-state index in [0.29, 0.717) is 0 Å². The fourth-order valence-corrected chi connectivity index (χ4v) is 2.10. The van der Waals surface area contributed by atoms with Gasteiger partial charge in [-0.25, -0.2) is 9.97 Å². The summed E-state index contributed by atoms with van der Waals surface area (Å²) in [6.45, 7) is 0. The smallest absolute Gasteiger partial charge is 0.220 e. The zero-order chi connectivity index (χ0) is 14.7. The van der Waals surface area contributed by atoms with E-state index in [9.17, 15) is 0 Å². The number of hydrogen-bond acceptors (Lipinski definition) is 5. The maximum absolute atomic E-state index is 5.60. The van der Waals surface area contributed by atoms with Crippen LogP contribution >= 0.6 is 0 Å². The summed E-state index contributed by atoms with van der Waals surface area (Å²) in [7, 11) is 1.65. The van der Waals surface area contributed by atoms with Crippen LogP contribution in [0.25, 0.3) is 22.5 Å². The number of hydrogen-bond donors (Lipinski definition) is 1. The van der Waals surface area contributed by atoms with E-state index >= 15 is 0 Å². The normalized spacial score (nSPS) is 10.3. The second kappa shape index (κ2) is 5.58. The Morgan fingerprint density at radius 3 is 2.52 bits per heavy atom. The quantitative estimate of drug-likeness (QED) is 0.797. The van der Waals surface area contributed by atoms with E-state index in [1.165, 1.54) is 0 Å². The second-order valence-electron chi connectivity index (χ2n) is 4.43. The van der Waals surface area contributed by atoms with E-state index in [1.807, 2.05) is 36.4 Å². The van der Waals surface area contributed by atoms with Crippen LogP contribution in [-0.4, -0.2) is 22.1 Å². The summed E-state index contributed by atoms with van der Waals surface area (Å²) in [5.74, 6) is 1.05. The minimum Gasteiger partial charge on any atom is -0.496 e. The molecule has 2 N–H and O–H groups in total. The van der Waals surface area contributed by atoms with Crippen molar-refractivity contribution < 1.29 is 4.74 Å². The van der Waals surface area contributed by atoms with Crippen LogP contribution in [0.2, 0.25) is 0 Å². The third-order valence-corrected chi connectivity index (χ3v) is 3.12. The molecule has 0 spiro atoms. The number of nitrogens with two attached hydrogens (primary N) is 1. The monoisotopic (exact) mass is 278 g/mol. The molecule has 1 aromatic carbocycles. The van der Waals surface area contributed by atoms with Crippen LogP contribution in [0.1, 0.15) is 0 Å². The molecule has 5 nitrogen and oxygen atoms in total. The standard InChI is InChI=1S/C16H14N4O/c1-21-15-5-3-2-4-12(15)14-7-6-11(10-19-14)13-8-9-18-16(17)20-13/h2-10H,1H3,(H2,17,18,20). The number of methoxy groups -OCH3 is 1. The van der Waals surface area contributed by atoms with Gasteiger partial charge in [0.05, 0.1) is 18.5 Å². The molecule has 3 aromatic rings. The van der Waals surface area contributed by atoms with E-state index in [0.717, 1.165) is 28.3 Å². The summed E-state index contributed by atoms with van der Waals surface area (Å²) in [4.78, 5) is 12.5. The molecular weight excluding hydrogens is 264 g/mol. The Morgan fingerprint density at radius 2 is 1.81 bits per heavy atom. The Balaban J connectivity index is 1.98. The maximum Gasteiger partial charge on any atom is 0.220 e. The Kier molecular flexibility index (Phi) is 3.47. The van der Waals surface area contributed by atoms with E-state index in [-0.39, 0.29) is 5.95 Å². The predicted molar refractivity (Wildman–Crippen MR) is 81.7 cm³/mol. The average Bonchev–Trinajstić information content (AvgIpc) is 2.55. The zero-order valence-corrected chi connectivity index (χ0v) is 11.5. The van der Waals surface area contributed by atoms with Crippen LogP contribution in [0.15, 0.2) is 54.9 Å². The van der Waals surface area contributed by atoms with Crippen molar-refractivity contribution in [1.29, 1.82) is 0 Å². The highest BCUT2D eigenvalue weighted by molar-refractivity contribution is 5.69. The number of pyridine rings is 1. The lowest BCUT2D eigenvalue weighted by Gasteiger charge is -2.08. The minimum absolute atomic E-state index is 0.251. The van der Waals surface area contributed by atoms with E-state index in [2.05, 4.69) is 15.0 Å². The van der Waals surface area contributed by atoms with Crippen LogP contribution in [0.4, 0.5) is 5.95 Å². The second-order valence-corrected chi connectivity index (χ2v) is 4.43. The summed E-state index contributed by atoms with van der Waals surface area (Å²) in [6, 6.07) is 13.5. The number of nitrogens with zero attached hydrogens (tertiary/aromatic N) is 3. The molecule has 0 unspecified atom stereocenters. The van der Waals surface area contributed by atoms with Gasteiger partial charge in [0.2, 0.25) is 5.95 Å². The summed E-state index contributed by atoms with van der Waals surface area (Å²) in [6.07, 6.45) is 3.40. The van der Waals surface area contributed by atoms with Crippen molar-refractivity contribution in [3.8, 4) is 28.3 Å². The van der Waals surface area contributed by atoms with Crippen LogP contribution < -0.4 is 10.5 Å². The molecule has 0 amide bonds. The molecule has 0 saturated carbocycles. The lowest BCUT2D eigenvalue weighted by molar-refractivity contribution is 0.416. The zero-order valence-electron chi connectivity index (χ0n) is 11.5. The van der Waals surface area contributed by atoms with Crippen molar-refractivity contribution in [2.24, 2.45) is 0 Å². The molecule has 0 bridgehead atoms. The molecule has 2 heterocycles. The largest absolute Gasteiger partial charge is 0.496 e. The number of benzene rings is 1.